The molecule has 0 spiro atoms. The van der Waals surface area contributed by atoms with Gasteiger partial charge in [-0.1, -0.05) is 19.3 Å². The smallest absolute Gasteiger partial charge is 0.279 e. The molecule has 3 rings (SSSR count). The second-order valence-electron chi connectivity index (χ2n) is 6.76. The molecule has 134 valence electrons. The molecule has 1 aromatic rings. The molecule has 2 aliphatic rings. The molecule has 1 saturated heterocycles. The van der Waals surface area contributed by atoms with Crippen molar-refractivity contribution in [2.75, 3.05) is 25.0 Å². The number of aromatic nitrogens is 2. The molecule has 1 aromatic heterocycles. The van der Waals surface area contributed by atoms with Crippen LogP contribution in [0.4, 0.5) is 5.95 Å². The van der Waals surface area contributed by atoms with Gasteiger partial charge >= 0.3 is 0 Å². The summed E-state index contributed by atoms with van der Waals surface area (Å²) >= 11 is 0. The minimum absolute atomic E-state index is 0.0985. The van der Waals surface area contributed by atoms with Crippen molar-refractivity contribution in [3.63, 3.8) is 0 Å². The molecule has 0 bridgehead atoms. The van der Waals surface area contributed by atoms with Gasteiger partial charge in [0.25, 0.3) is 10.2 Å². The van der Waals surface area contributed by atoms with E-state index in [2.05, 4.69) is 19.6 Å². The molecular weight excluding hydrogens is 326 g/mol. The average molecular weight is 353 g/mol. The predicted molar refractivity (Wildman–Crippen MR) is 94.0 cm³/mol. The summed E-state index contributed by atoms with van der Waals surface area (Å²) in [6.07, 6.45) is 10.6. The van der Waals surface area contributed by atoms with E-state index in [1.807, 2.05) is 0 Å². The molecular formula is C16H27N5O2S. The highest BCUT2D eigenvalue weighted by Crippen LogP contribution is 2.24. The summed E-state index contributed by atoms with van der Waals surface area (Å²) in [5, 5.41) is 0. The molecule has 0 radical (unpaired) electrons. The van der Waals surface area contributed by atoms with Crippen molar-refractivity contribution >= 4 is 16.2 Å². The van der Waals surface area contributed by atoms with Gasteiger partial charge in [0.15, 0.2) is 0 Å². The minimum atomic E-state index is -3.45. The van der Waals surface area contributed by atoms with E-state index in [0.717, 1.165) is 45.1 Å². The van der Waals surface area contributed by atoms with Crippen molar-refractivity contribution in [3.05, 3.63) is 18.5 Å². The maximum atomic E-state index is 12.7. The average Bonchev–Trinajstić information content (AvgIpc) is 2.62. The van der Waals surface area contributed by atoms with E-state index in [1.54, 1.807) is 29.8 Å². The lowest BCUT2D eigenvalue weighted by atomic mass is 9.96. The highest BCUT2D eigenvalue weighted by Gasteiger charge is 2.31. The number of nitrogens with one attached hydrogen (secondary N) is 1. The zero-order valence-electron chi connectivity index (χ0n) is 14.3. The summed E-state index contributed by atoms with van der Waals surface area (Å²) in [5.74, 6) is 0.669. The normalized spacial score (nSPS) is 23.6. The van der Waals surface area contributed by atoms with Crippen molar-refractivity contribution in [2.45, 2.75) is 57.0 Å². The quantitative estimate of drug-likeness (QED) is 0.869. The predicted octanol–water partition coefficient (Wildman–Crippen LogP) is 1.54. The van der Waals surface area contributed by atoms with Crippen LogP contribution in [-0.4, -0.2) is 54.9 Å². The van der Waals surface area contributed by atoms with Crippen LogP contribution in [0.25, 0.3) is 0 Å². The molecule has 0 amide bonds. The monoisotopic (exact) mass is 353 g/mol. The van der Waals surface area contributed by atoms with Crippen molar-refractivity contribution in [1.82, 2.24) is 19.0 Å². The molecule has 1 N–H and O–H groups in total. The summed E-state index contributed by atoms with van der Waals surface area (Å²) in [6, 6.07) is 1.82. The molecule has 1 aliphatic carbocycles. The summed E-state index contributed by atoms with van der Waals surface area (Å²) in [6.45, 7) is 1.47. The van der Waals surface area contributed by atoms with E-state index in [4.69, 9.17) is 0 Å². The van der Waals surface area contributed by atoms with Gasteiger partial charge in [-0.25, -0.2) is 9.97 Å². The van der Waals surface area contributed by atoms with Gasteiger partial charge in [0.1, 0.15) is 0 Å². The highest BCUT2D eigenvalue weighted by molar-refractivity contribution is 7.87. The van der Waals surface area contributed by atoms with Crippen molar-refractivity contribution in [2.24, 2.45) is 0 Å². The van der Waals surface area contributed by atoms with Gasteiger partial charge in [-0.15, -0.1) is 0 Å². The Hall–Kier alpha value is -1.25. The van der Waals surface area contributed by atoms with Crippen molar-refractivity contribution in [1.29, 1.82) is 0 Å². The number of hydrogen-bond donors (Lipinski definition) is 1. The molecule has 2 fully saturated rings. The van der Waals surface area contributed by atoms with E-state index >= 15 is 0 Å². The van der Waals surface area contributed by atoms with E-state index in [-0.39, 0.29) is 12.1 Å². The van der Waals surface area contributed by atoms with Crippen LogP contribution in [0.3, 0.4) is 0 Å². The largest absolute Gasteiger partial charge is 0.339 e. The van der Waals surface area contributed by atoms with E-state index in [1.165, 1.54) is 6.42 Å². The van der Waals surface area contributed by atoms with Gasteiger partial charge in [0.05, 0.1) is 0 Å². The van der Waals surface area contributed by atoms with Gasteiger partial charge in [0.2, 0.25) is 5.95 Å². The van der Waals surface area contributed by atoms with Crippen LogP contribution in [0.5, 0.6) is 0 Å². The number of hydrogen-bond acceptors (Lipinski definition) is 5. The molecule has 8 heteroatoms. The lowest BCUT2D eigenvalue weighted by Crippen LogP contribution is -2.53. The molecule has 0 aromatic carbocycles. The van der Waals surface area contributed by atoms with Crippen LogP contribution < -0.4 is 9.62 Å². The molecule has 1 saturated carbocycles. The Bertz CT molecular complexity index is 619. The fourth-order valence-corrected chi connectivity index (χ4v) is 5.03. The molecule has 24 heavy (non-hydrogen) atoms. The summed E-state index contributed by atoms with van der Waals surface area (Å²) in [7, 11) is -1.74. The van der Waals surface area contributed by atoms with Crippen LogP contribution in [-0.2, 0) is 10.2 Å². The maximum absolute atomic E-state index is 12.7. The number of piperidine rings is 1. The fraction of sp³-hybridized carbons (Fsp3) is 0.750. The maximum Gasteiger partial charge on any atom is 0.279 e. The van der Waals surface area contributed by atoms with Crippen LogP contribution in [0.1, 0.15) is 44.9 Å². The van der Waals surface area contributed by atoms with Crippen LogP contribution in [0, 0.1) is 0 Å². The lowest BCUT2D eigenvalue weighted by Gasteiger charge is -2.35. The Kier molecular flexibility index (Phi) is 5.68. The molecule has 2 heterocycles. The number of nitrogens with zero attached hydrogens (tertiary/aromatic N) is 4. The van der Waals surface area contributed by atoms with E-state index < -0.39 is 10.2 Å². The first kappa shape index (κ1) is 17.6. The lowest BCUT2D eigenvalue weighted by molar-refractivity contribution is 0.280. The first-order valence-electron chi connectivity index (χ1n) is 8.83. The first-order valence-corrected chi connectivity index (χ1v) is 10.3. The molecule has 1 aliphatic heterocycles. The van der Waals surface area contributed by atoms with Crippen molar-refractivity contribution in [3.8, 4) is 0 Å². The van der Waals surface area contributed by atoms with Gasteiger partial charge in [-0.05, 0) is 31.7 Å². The SMILES string of the molecule is CN(C1CCCCC1)S(=O)(=O)N[C@@H]1CCCN(c2ncccn2)C1. The van der Waals surface area contributed by atoms with Crippen LogP contribution >= 0.6 is 0 Å². The minimum Gasteiger partial charge on any atom is -0.339 e. The van der Waals surface area contributed by atoms with Gasteiger partial charge < -0.3 is 4.90 Å². The Labute approximate surface area is 144 Å². The number of anilines is 1. The zero-order chi connectivity index (χ0) is 17.0. The zero-order valence-corrected chi connectivity index (χ0v) is 15.1. The highest BCUT2D eigenvalue weighted by atomic mass is 32.2. The van der Waals surface area contributed by atoms with Gasteiger partial charge in [0, 0.05) is 44.6 Å². The van der Waals surface area contributed by atoms with E-state index in [0.29, 0.717) is 12.5 Å². The third kappa shape index (κ3) is 4.23. The first-order chi connectivity index (χ1) is 11.6. The Morgan fingerprint density at radius 3 is 2.54 bits per heavy atom. The standard InChI is InChI=1S/C16H27N5O2S/c1-20(15-8-3-2-4-9-15)24(22,23)19-14-7-5-12-21(13-14)16-17-10-6-11-18-16/h6,10-11,14-15,19H,2-5,7-9,12-13H2,1H3/t14-/m1/s1. The third-order valence-corrected chi connectivity index (χ3v) is 6.73. The van der Waals surface area contributed by atoms with Crippen LogP contribution in [0.2, 0.25) is 0 Å². The fourth-order valence-electron chi connectivity index (χ4n) is 3.64. The van der Waals surface area contributed by atoms with E-state index in [9.17, 15) is 8.42 Å². The summed E-state index contributed by atoms with van der Waals surface area (Å²) in [5.41, 5.74) is 0. The number of rotatable bonds is 5. The Balaban J connectivity index is 1.61. The topological polar surface area (TPSA) is 78.4 Å². The Morgan fingerprint density at radius 2 is 1.83 bits per heavy atom. The van der Waals surface area contributed by atoms with Crippen molar-refractivity contribution < 1.29 is 8.42 Å². The summed E-state index contributed by atoms with van der Waals surface area (Å²) in [4.78, 5) is 10.6. The van der Waals surface area contributed by atoms with Crippen LogP contribution in [0.15, 0.2) is 18.5 Å². The molecule has 0 unspecified atom stereocenters. The Morgan fingerprint density at radius 1 is 1.12 bits per heavy atom. The summed E-state index contributed by atoms with van der Waals surface area (Å²) < 4.78 is 29.9. The van der Waals surface area contributed by atoms with Gasteiger partial charge in [-0.2, -0.15) is 17.4 Å². The van der Waals surface area contributed by atoms with Gasteiger partial charge in [-0.3, -0.25) is 0 Å². The second kappa shape index (κ2) is 7.76. The molecule has 1 atom stereocenters. The molecule has 7 nitrogen and oxygen atoms in total. The second-order valence-corrected chi connectivity index (χ2v) is 8.53. The third-order valence-electron chi connectivity index (χ3n) is 5.04.